The fourth-order valence-electron chi connectivity index (χ4n) is 1.82. The van der Waals surface area contributed by atoms with Gasteiger partial charge in [0.15, 0.2) is 0 Å². The van der Waals surface area contributed by atoms with Gasteiger partial charge in [-0.05, 0) is 25.7 Å². The van der Waals surface area contributed by atoms with E-state index in [1.807, 2.05) is 6.92 Å². The lowest BCUT2D eigenvalue weighted by Crippen LogP contribution is -2.46. The summed E-state index contributed by atoms with van der Waals surface area (Å²) in [5.74, 6) is -2.08. The normalized spacial score (nSPS) is 22.8. The molecule has 1 amide bonds. The van der Waals surface area contributed by atoms with Crippen LogP contribution in [0.15, 0.2) is 0 Å². The highest BCUT2D eigenvalue weighted by Crippen LogP contribution is 2.19. The van der Waals surface area contributed by atoms with E-state index >= 15 is 0 Å². The van der Waals surface area contributed by atoms with Crippen LogP contribution in [0.1, 0.15) is 32.6 Å². The molecule has 0 unspecified atom stereocenters. The molecule has 0 spiro atoms. The molecular weight excluding hydrogens is 170 g/mol. The van der Waals surface area contributed by atoms with Crippen LogP contribution in [0, 0.1) is 0 Å². The number of rotatable bonds is 1. The fourth-order valence-corrected chi connectivity index (χ4v) is 1.82. The van der Waals surface area contributed by atoms with Gasteiger partial charge in [-0.3, -0.25) is 4.79 Å². The molecule has 1 rings (SSSR count). The maximum atomic E-state index is 11.2. The Morgan fingerprint density at radius 1 is 1.46 bits per heavy atom. The second-order valence-electron chi connectivity index (χ2n) is 3.36. The molecule has 4 nitrogen and oxygen atoms in total. The van der Waals surface area contributed by atoms with Gasteiger partial charge in [0, 0.05) is 12.6 Å². The maximum Gasteiger partial charge on any atom is 0.394 e. The lowest BCUT2D eigenvalue weighted by atomic mass is 10.00. The third-order valence-corrected chi connectivity index (χ3v) is 2.54. The number of carbonyl (C=O) groups is 2. The van der Waals surface area contributed by atoms with Crippen LogP contribution in [0.5, 0.6) is 0 Å². The highest BCUT2D eigenvalue weighted by molar-refractivity contribution is 6.31. The zero-order chi connectivity index (χ0) is 9.84. The number of carbonyl (C=O) groups excluding carboxylic acids is 1. The second kappa shape index (κ2) is 4.25. The molecule has 0 bridgehead atoms. The summed E-state index contributed by atoms with van der Waals surface area (Å²) in [6.45, 7) is 2.59. The Bertz CT molecular complexity index is 215. The van der Waals surface area contributed by atoms with Gasteiger partial charge in [-0.25, -0.2) is 4.79 Å². The Morgan fingerprint density at radius 2 is 2.15 bits per heavy atom. The number of piperidine rings is 1. The topological polar surface area (TPSA) is 57.6 Å². The lowest BCUT2D eigenvalue weighted by molar-refractivity contribution is -0.158. The number of hydrogen-bond acceptors (Lipinski definition) is 2. The minimum absolute atomic E-state index is 0.136. The quantitative estimate of drug-likeness (QED) is 0.616. The molecule has 1 N–H and O–H groups in total. The van der Waals surface area contributed by atoms with Crippen LogP contribution in [-0.2, 0) is 9.59 Å². The highest BCUT2D eigenvalue weighted by atomic mass is 16.4. The van der Waals surface area contributed by atoms with Gasteiger partial charge in [-0.1, -0.05) is 6.92 Å². The Morgan fingerprint density at radius 3 is 2.69 bits per heavy atom. The Kier molecular flexibility index (Phi) is 3.28. The molecule has 0 radical (unpaired) electrons. The first-order valence-corrected chi connectivity index (χ1v) is 4.70. The molecule has 1 aliphatic rings. The Labute approximate surface area is 77.5 Å². The number of carboxylic acids is 1. The number of likely N-dealkylation sites (tertiary alicyclic amines) is 1. The summed E-state index contributed by atoms with van der Waals surface area (Å²) in [6, 6.07) is 0.136. The molecule has 1 aliphatic heterocycles. The first-order valence-electron chi connectivity index (χ1n) is 4.70. The number of carboxylic acid groups (broad SMARTS) is 1. The van der Waals surface area contributed by atoms with Gasteiger partial charge >= 0.3 is 11.9 Å². The Balaban J connectivity index is 2.64. The van der Waals surface area contributed by atoms with Crippen LogP contribution in [0.2, 0.25) is 0 Å². The summed E-state index contributed by atoms with van der Waals surface area (Å²) in [6.07, 6.45) is 3.81. The molecule has 0 aliphatic carbocycles. The van der Waals surface area contributed by atoms with Crippen molar-refractivity contribution in [3.63, 3.8) is 0 Å². The molecule has 0 aromatic rings. The van der Waals surface area contributed by atoms with Crippen molar-refractivity contribution in [1.82, 2.24) is 4.90 Å². The van der Waals surface area contributed by atoms with Gasteiger partial charge in [0.1, 0.15) is 0 Å². The van der Waals surface area contributed by atoms with Crippen molar-refractivity contribution in [3.05, 3.63) is 0 Å². The third kappa shape index (κ3) is 2.20. The van der Waals surface area contributed by atoms with Crippen molar-refractivity contribution in [2.45, 2.75) is 38.6 Å². The van der Waals surface area contributed by atoms with Gasteiger partial charge in [0.25, 0.3) is 0 Å². The zero-order valence-corrected chi connectivity index (χ0v) is 7.82. The van der Waals surface area contributed by atoms with E-state index in [4.69, 9.17) is 5.11 Å². The van der Waals surface area contributed by atoms with Gasteiger partial charge in [0.05, 0.1) is 0 Å². The first-order chi connectivity index (χ1) is 6.16. The molecule has 0 aromatic heterocycles. The molecule has 4 heteroatoms. The number of aliphatic carboxylic acids is 1. The van der Waals surface area contributed by atoms with E-state index in [2.05, 4.69) is 0 Å². The molecule has 74 valence electrons. The van der Waals surface area contributed by atoms with E-state index in [9.17, 15) is 9.59 Å². The third-order valence-electron chi connectivity index (χ3n) is 2.54. The average molecular weight is 185 g/mol. The predicted molar refractivity (Wildman–Crippen MR) is 47.3 cm³/mol. The van der Waals surface area contributed by atoms with Gasteiger partial charge < -0.3 is 10.0 Å². The molecule has 0 saturated carbocycles. The summed E-state index contributed by atoms with van der Waals surface area (Å²) in [7, 11) is 0. The fraction of sp³-hybridized carbons (Fsp3) is 0.778. The van der Waals surface area contributed by atoms with E-state index in [0.29, 0.717) is 6.54 Å². The number of hydrogen-bond donors (Lipinski definition) is 1. The molecule has 13 heavy (non-hydrogen) atoms. The number of nitrogens with zero attached hydrogens (tertiary/aromatic N) is 1. The molecule has 1 atom stereocenters. The molecule has 1 fully saturated rings. The van der Waals surface area contributed by atoms with E-state index < -0.39 is 11.9 Å². The summed E-state index contributed by atoms with van der Waals surface area (Å²) >= 11 is 0. The Hall–Kier alpha value is -1.06. The van der Waals surface area contributed by atoms with Crippen LogP contribution >= 0.6 is 0 Å². The van der Waals surface area contributed by atoms with E-state index in [-0.39, 0.29) is 6.04 Å². The molecule has 1 heterocycles. The van der Waals surface area contributed by atoms with Crippen molar-refractivity contribution < 1.29 is 14.7 Å². The summed E-state index contributed by atoms with van der Waals surface area (Å²) in [4.78, 5) is 23.2. The van der Waals surface area contributed by atoms with E-state index in [0.717, 1.165) is 25.7 Å². The minimum Gasteiger partial charge on any atom is -0.474 e. The summed E-state index contributed by atoms with van der Waals surface area (Å²) < 4.78 is 0. The van der Waals surface area contributed by atoms with Crippen LogP contribution in [0.3, 0.4) is 0 Å². The minimum atomic E-state index is -1.33. The van der Waals surface area contributed by atoms with Gasteiger partial charge in [-0.15, -0.1) is 0 Å². The first kappa shape index (κ1) is 10.0. The second-order valence-corrected chi connectivity index (χ2v) is 3.36. The van der Waals surface area contributed by atoms with E-state index in [1.54, 1.807) is 0 Å². The standard InChI is InChI=1S/C9H15NO3/c1-2-7-5-3-4-6-10(7)8(11)9(12)13/h7H,2-6H2,1H3,(H,12,13)/t7-/m0/s1. The lowest BCUT2D eigenvalue weighted by Gasteiger charge is -2.33. The van der Waals surface area contributed by atoms with Gasteiger partial charge in [0.2, 0.25) is 0 Å². The van der Waals surface area contributed by atoms with Crippen molar-refractivity contribution in [3.8, 4) is 0 Å². The predicted octanol–water partition coefficient (Wildman–Crippen LogP) is 0.862. The summed E-state index contributed by atoms with van der Waals surface area (Å²) in [5.41, 5.74) is 0. The van der Waals surface area contributed by atoms with Crippen LogP contribution in [-0.4, -0.2) is 34.5 Å². The summed E-state index contributed by atoms with van der Waals surface area (Å²) in [5, 5.41) is 8.56. The highest BCUT2D eigenvalue weighted by Gasteiger charge is 2.28. The molecular formula is C9H15NO3. The van der Waals surface area contributed by atoms with Crippen LogP contribution in [0.25, 0.3) is 0 Å². The van der Waals surface area contributed by atoms with Crippen LogP contribution in [0.4, 0.5) is 0 Å². The monoisotopic (exact) mass is 185 g/mol. The largest absolute Gasteiger partial charge is 0.474 e. The maximum absolute atomic E-state index is 11.2. The molecule has 0 aromatic carbocycles. The SMILES string of the molecule is CC[C@H]1CCCCN1C(=O)C(=O)O. The van der Waals surface area contributed by atoms with Crippen LogP contribution < -0.4 is 0 Å². The molecule has 1 saturated heterocycles. The number of amides is 1. The zero-order valence-electron chi connectivity index (χ0n) is 7.82. The average Bonchev–Trinajstić information content (AvgIpc) is 2.16. The van der Waals surface area contributed by atoms with Crippen molar-refractivity contribution >= 4 is 11.9 Å². The van der Waals surface area contributed by atoms with Crippen molar-refractivity contribution in [2.75, 3.05) is 6.54 Å². The van der Waals surface area contributed by atoms with Crippen molar-refractivity contribution in [2.24, 2.45) is 0 Å². The van der Waals surface area contributed by atoms with E-state index in [1.165, 1.54) is 4.90 Å². The van der Waals surface area contributed by atoms with Crippen molar-refractivity contribution in [1.29, 1.82) is 0 Å². The van der Waals surface area contributed by atoms with Gasteiger partial charge in [-0.2, -0.15) is 0 Å². The smallest absolute Gasteiger partial charge is 0.394 e.